The highest BCUT2D eigenvalue weighted by Gasteiger charge is 2.29. The van der Waals surface area contributed by atoms with Crippen molar-refractivity contribution in [1.82, 2.24) is 9.97 Å². The summed E-state index contributed by atoms with van der Waals surface area (Å²) in [4.78, 5) is 37.2. The molecule has 11 heteroatoms. The zero-order valence-electron chi connectivity index (χ0n) is 10.7. The van der Waals surface area contributed by atoms with Crippen LogP contribution in [-0.4, -0.2) is 45.4 Å². The van der Waals surface area contributed by atoms with Gasteiger partial charge in [-0.1, -0.05) is 0 Å². The van der Waals surface area contributed by atoms with Crippen molar-refractivity contribution >= 4 is 25.0 Å². The molecule has 0 bridgehead atoms. The zero-order valence-corrected chi connectivity index (χ0v) is 11.6. The minimum atomic E-state index is -4.17. The van der Waals surface area contributed by atoms with Gasteiger partial charge in [-0.2, -0.15) is 4.98 Å². The summed E-state index contributed by atoms with van der Waals surface area (Å²) in [5.41, 5.74) is 5.45. The molecule has 2 heterocycles. The van der Waals surface area contributed by atoms with Crippen LogP contribution in [0.3, 0.4) is 0 Å². The van der Waals surface area contributed by atoms with Crippen LogP contribution in [0.25, 0.3) is 0 Å². The first-order valence-electron chi connectivity index (χ1n) is 5.83. The Labute approximate surface area is 114 Å². The SMILES string of the molecule is CC1Nc2c(nc(N)[nH]c2=O)N1CCOCP(=O)(O)O. The van der Waals surface area contributed by atoms with E-state index < -0.39 is 13.9 Å². The zero-order chi connectivity index (χ0) is 14.9. The smallest absolute Gasteiger partial charge is 0.350 e. The summed E-state index contributed by atoms with van der Waals surface area (Å²) in [7, 11) is -4.17. The highest BCUT2D eigenvalue weighted by Crippen LogP contribution is 2.34. The summed E-state index contributed by atoms with van der Waals surface area (Å²) in [5.74, 6) is 0.407. The van der Waals surface area contributed by atoms with E-state index in [-0.39, 0.29) is 24.3 Å². The van der Waals surface area contributed by atoms with Crippen molar-refractivity contribution in [2.24, 2.45) is 0 Å². The Morgan fingerprint density at radius 3 is 2.90 bits per heavy atom. The number of fused-ring (bicyclic) bond motifs is 1. The van der Waals surface area contributed by atoms with Crippen molar-refractivity contribution in [1.29, 1.82) is 0 Å². The van der Waals surface area contributed by atoms with E-state index in [0.717, 1.165) is 0 Å². The van der Waals surface area contributed by atoms with Gasteiger partial charge in [0.1, 0.15) is 12.0 Å². The number of hydrogen-bond acceptors (Lipinski definition) is 7. The molecule has 0 aromatic carbocycles. The topological polar surface area (TPSA) is 154 Å². The molecule has 6 N–H and O–H groups in total. The molecule has 0 saturated carbocycles. The number of H-pyrrole nitrogens is 1. The van der Waals surface area contributed by atoms with Gasteiger partial charge in [-0.25, -0.2) is 0 Å². The number of aromatic amines is 1. The van der Waals surface area contributed by atoms with Gasteiger partial charge in [0.2, 0.25) is 5.95 Å². The minimum absolute atomic E-state index is 0.00536. The molecule has 0 spiro atoms. The van der Waals surface area contributed by atoms with Crippen LogP contribution in [0.5, 0.6) is 0 Å². The van der Waals surface area contributed by atoms with E-state index in [1.54, 1.807) is 4.90 Å². The van der Waals surface area contributed by atoms with Gasteiger partial charge in [-0.05, 0) is 6.92 Å². The summed E-state index contributed by atoms with van der Waals surface area (Å²) >= 11 is 0. The van der Waals surface area contributed by atoms with Crippen LogP contribution in [0.2, 0.25) is 0 Å². The Morgan fingerprint density at radius 1 is 1.55 bits per heavy atom. The highest BCUT2D eigenvalue weighted by molar-refractivity contribution is 7.51. The first-order valence-corrected chi connectivity index (χ1v) is 7.63. The molecule has 1 aliphatic heterocycles. The van der Waals surface area contributed by atoms with E-state index in [4.69, 9.17) is 20.3 Å². The van der Waals surface area contributed by atoms with Crippen LogP contribution in [0.4, 0.5) is 17.5 Å². The molecule has 0 fully saturated rings. The first-order chi connectivity index (χ1) is 9.28. The standard InChI is InChI=1S/C9H16N5O5P/c1-5-11-6-7(12-9(10)13-8(6)15)14(5)2-3-19-4-20(16,17)18/h5,11H,2-4H2,1H3,(H2,16,17,18)(H3,10,12,13,15). The predicted molar refractivity (Wildman–Crippen MR) is 72.6 cm³/mol. The number of nitrogens with zero attached hydrogens (tertiary/aromatic N) is 2. The highest BCUT2D eigenvalue weighted by atomic mass is 31.2. The number of hydrogen-bond donors (Lipinski definition) is 5. The van der Waals surface area contributed by atoms with Crippen molar-refractivity contribution in [2.75, 3.05) is 35.4 Å². The average molecular weight is 305 g/mol. The van der Waals surface area contributed by atoms with Gasteiger partial charge in [0, 0.05) is 6.54 Å². The van der Waals surface area contributed by atoms with Crippen molar-refractivity contribution in [3.05, 3.63) is 10.4 Å². The van der Waals surface area contributed by atoms with E-state index in [1.807, 2.05) is 6.92 Å². The minimum Gasteiger partial charge on any atom is -0.369 e. The summed E-state index contributed by atoms with van der Waals surface area (Å²) in [6.45, 7) is 2.22. The molecule has 112 valence electrons. The lowest BCUT2D eigenvalue weighted by Gasteiger charge is -2.22. The second-order valence-electron chi connectivity index (χ2n) is 4.37. The van der Waals surface area contributed by atoms with Gasteiger partial charge >= 0.3 is 7.60 Å². The summed E-state index contributed by atoms with van der Waals surface area (Å²) in [6.07, 6.45) is -0.834. The Balaban J connectivity index is 2.04. The summed E-state index contributed by atoms with van der Waals surface area (Å²) in [6, 6.07) is 0. The molecule has 0 amide bonds. The monoisotopic (exact) mass is 305 g/mol. The fraction of sp³-hybridized carbons (Fsp3) is 0.556. The van der Waals surface area contributed by atoms with Gasteiger partial charge in [0.15, 0.2) is 5.82 Å². The Kier molecular flexibility index (Phi) is 4.00. The maximum absolute atomic E-state index is 11.7. The molecule has 1 aromatic heterocycles. The second-order valence-corrected chi connectivity index (χ2v) is 5.95. The van der Waals surface area contributed by atoms with E-state index >= 15 is 0 Å². The summed E-state index contributed by atoms with van der Waals surface area (Å²) < 4.78 is 15.6. The third-order valence-corrected chi connectivity index (χ3v) is 3.27. The number of aromatic nitrogens is 2. The molecule has 1 atom stereocenters. The van der Waals surface area contributed by atoms with Crippen LogP contribution >= 0.6 is 7.60 Å². The van der Waals surface area contributed by atoms with Gasteiger partial charge in [0.05, 0.1) is 12.8 Å². The molecule has 1 unspecified atom stereocenters. The Morgan fingerprint density at radius 2 is 2.25 bits per heavy atom. The second kappa shape index (κ2) is 5.41. The molecular formula is C9H16N5O5P. The molecule has 0 radical (unpaired) electrons. The number of rotatable bonds is 5. The number of nitrogen functional groups attached to an aromatic ring is 1. The molecule has 20 heavy (non-hydrogen) atoms. The molecule has 10 nitrogen and oxygen atoms in total. The molecule has 1 aliphatic rings. The molecule has 0 aliphatic carbocycles. The predicted octanol–water partition coefficient (Wildman–Crippen LogP) is -0.918. The van der Waals surface area contributed by atoms with Gasteiger partial charge in [0.25, 0.3) is 5.56 Å². The van der Waals surface area contributed by atoms with Crippen LogP contribution in [0.1, 0.15) is 6.92 Å². The number of anilines is 3. The number of nitrogens with two attached hydrogens (primary N) is 1. The number of nitrogens with one attached hydrogen (secondary N) is 2. The normalized spacial score (nSPS) is 17.9. The van der Waals surface area contributed by atoms with Gasteiger partial charge < -0.3 is 30.5 Å². The Bertz CT molecular complexity index is 599. The average Bonchev–Trinajstić information content (AvgIpc) is 2.61. The lowest BCUT2D eigenvalue weighted by Crippen LogP contribution is -2.36. The maximum Gasteiger partial charge on any atom is 0.350 e. The van der Waals surface area contributed by atoms with Gasteiger partial charge in [-0.3, -0.25) is 14.3 Å². The van der Waals surface area contributed by atoms with Crippen molar-refractivity contribution in [3.8, 4) is 0 Å². The lowest BCUT2D eigenvalue weighted by molar-refractivity contribution is 0.162. The van der Waals surface area contributed by atoms with Crippen LogP contribution in [-0.2, 0) is 9.30 Å². The largest absolute Gasteiger partial charge is 0.369 e. The fourth-order valence-electron chi connectivity index (χ4n) is 1.93. The van der Waals surface area contributed by atoms with Crippen LogP contribution in [0, 0.1) is 0 Å². The third-order valence-electron chi connectivity index (χ3n) is 2.75. The molecule has 0 saturated heterocycles. The summed E-state index contributed by atoms with van der Waals surface area (Å²) in [5, 5.41) is 2.96. The van der Waals surface area contributed by atoms with Crippen molar-refractivity contribution < 1.29 is 19.1 Å². The van der Waals surface area contributed by atoms with Crippen LogP contribution < -0.4 is 21.5 Å². The molecule has 2 rings (SSSR count). The van der Waals surface area contributed by atoms with E-state index in [0.29, 0.717) is 18.1 Å². The number of ether oxygens (including phenoxy) is 1. The molecular weight excluding hydrogens is 289 g/mol. The quantitative estimate of drug-likeness (QED) is 0.343. The van der Waals surface area contributed by atoms with Crippen LogP contribution in [0.15, 0.2) is 4.79 Å². The molecule has 1 aromatic rings. The Hall–Kier alpha value is -1.61. The van der Waals surface area contributed by atoms with Gasteiger partial charge in [-0.15, -0.1) is 0 Å². The fourth-order valence-corrected chi connectivity index (χ4v) is 2.30. The van der Waals surface area contributed by atoms with E-state index in [9.17, 15) is 9.36 Å². The van der Waals surface area contributed by atoms with E-state index in [1.165, 1.54) is 0 Å². The maximum atomic E-state index is 11.7. The first kappa shape index (κ1) is 14.8. The third kappa shape index (κ3) is 3.28. The lowest BCUT2D eigenvalue weighted by atomic mass is 10.4. The van der Waals surface area contributed by atoms with Crippen molar-refractivity contribution in [2.45, 2.75) is 13.1 Å². The van der Waals surface area contributed by atoms with E-state index in [2.05, 4.69) is 15.3 Å². The van der Waals surface area contributed by atoms with Crippen molar-refractivity contribution in [3.63, 3.8) is 0 Å².